The third-order valence-electron chi connectivity index (χ3n) is 10.1. The summed E-state index contributed by atoms with van der Waals surface area (Å²) in [6.45, 7) is 6.97. The number of aromatic hydroxyl groups is 1. The Balaban J connectivity index is 2.45. The molecule has 22 nitrogen and oxygen atoms in total. The van der Waals surface area contributed by atoms with Crippen molar-refractivity contribution in [2.75, 3.05) is 13.2 Å². The van der Waals surface area contributed by atoms with Gasteiger partial charge in [0.05, 0.1) is 13.0 Å². The number of aliphatic carboxylic acids is 1. The maximum Gasteiger partial charge on any atom is 0.326 e. The van der Waals surface area contributed by atoms with Crippen molar-refractivity contribution in [1.82, 2.24) is 36.8 Å². The molecule has 1 fully saturated rings. The first-order valence-electron chi connectivity index (χ1n) is 19.9. The molecule has 0 spiro atoms. The number of nitrogens with one attached hydrogen (secondary N) is 6. The minimum atomic E-state index is -1.77. The molecule has 0 aromatic heterocycles. The lowest BCUT2D eigenvalue weighted by Gasteiger charge is -2.32. The van der Waals surface area contributed by atoms with Crippen molar-refractivity contribution in [1.29, 1.82) is 0 Å². The molecule has 9 amide bonds. The zero-order chi connectivity index (χ0) is 46.1. The number of nitrogens with two attached hydrogens (primary N) is 2. The van der Waals surface area contributed by atoms with E-state index in [4.69, 9.17) is 11.5 Å². The second-order valence-corrected chi connectivity index (χ2v) is 15.3. The summed E-state index contributed by atoms with van der Waals surface area (Å²) in [5, 5.41) is 43.6. The van der Waals surface area contributed by atoms with Crippen LogP contribution in [-0.2, 0) is 54.4 Å². The normalized spacial score (nSPS) is 17.0. The van der Waals surface area contributed by atoms with Crippen LogP contribution in [0, 0.1) is 11.8 Å². The molecule has 1 aliphatic heterocycles. The number of hydrogen-bond donors (Lipinski definition) is 11. The average molecular weight is 862 g/mol. The third kappa shape index (κ3) is 16.0. The molecule has 61 heavy (non-hydrogen) atoms. The largest absolute Gasteiger partial charge is 0.508 e. The minimum Gasteiger partial charge on any atom is -0.508 e. The molecule has 0 saturated carbocycles. The number of nitrogens with zero attached hydrogens (tertiary/aromatic N) is 1. The molecule has 22 heteroatoms. The summed E-state index contributed by atoms with van der Waals surface area (Å²) in [7, 11) is 0. The van der Waals surface area contributed by atoms with Crippen LogP contribution in [-0.4, -0.2) is 135 Å². The summed E-state index contributed by atoms with van der Waals surface area (Å²) in [5.74, 6) is -10.3. The topological polar surface area (TPSA) is 359 Å². The Morgan fingerprint density at radius 1 is 0.754 bits per heavy atom. The van der Waals surface area contributed by atoms with Gasteiger partial charge in [-0.05, 0) is 48.8 Å². The van der Waals surface area contributed by atoms with Crippen LogP contribution < -0.4 is 43.4 Å². The number of phenols is 1. The van der Waals surface area contributed by atoms with E-state index in [1.165, 1.54) is 29.2 Å². The van der Waals surface area contributed by atoms with E-state index < -0.39 is 139 Å². The van der Waals surface area contributed by atoms with Crippen LogP contribution in [0.3, 0.4) is 0 Å². The first kappa shape index (κ1) is 50.8. The molecule has 1 aromatic carbocycles. The molecule has 1 aliphatic rings. The van der Waals surface area contributed by atoms with E-state index in [0.717, 1.165) is 6.92 Å². The maximum absolute atomic E-state index is 14.4. The number of aliphatic hydroxyl groups is 1. The lowest BCUT2D eigenvalue weighted by atomic mass is 9.96. The molecule has 0 aliphatic carbocycles. The molecule has 13 N–H and O–H groups in total. The van der Waals surface area contributed by atoms with Crippen LogP contribution in [0.2, 0.25) is 0 Å². The molecule has 0 unspecified atom stereocenters. The predicted octanol–water partition coefficient (Wildman–Crippen LogP) is -3.23. The van der Waals surface area contributed by atoms with E-state index in [9.17, 15) is 63.3 Å². The number of benzene rings is 1. The van der Waals surface area contributed by atoms with Gasteiger partial charge in [0.1, 0.15) is 48.0 Å². The van der Waals surface area contributed by atoms with E-state index in [2.05, 4.69) is 31.9 Å². The number of carbonyl (C=O) groups excluding carboxylic acids is 9. The molecule has 0 bridgehead atoms. The van der Waals surface area contributed by atoms with Crippen molar-refractivity contribution in [3.8, 4) is 5.75 Å². The highest BCUT2D eigenvalue weighted by Crippen LogP contribution is 2.22. The number of primary amides is 2. The van der Waals surface area contributed by atoms with Gasteiger partial charge in [0.2, 0.25) is 53.2 Å². The summed E-state index contributed by atoms with van der Waals surface area (Å²) in [6.07, 6.45) is -0.954. The minimum absolute atomic E-state index is 0.0452. The Hall–Kier alpha value is -6.32. The van der Waals surface area contributed by atoms with Crippen molar-refractivity contribution >= 4 is 59.1 Å². The van der Waals surface area contributed by atoms with E-state index in [1.54, 1.807) is 27.7 Å². The number of amides is 9. The quantitative estimate of drug-likeness (QED) is 0.0488. The van der Waals surface area contributed by atoms with Gasteiger partial charge < -0.3 is 63.6 Å². The molecule has 1 heterocycles. The second-order valence-electron chi connectivity index (χ2n) is 15.3. The van der Waals surface area contributed by atoms with Crippen LogP contribution in [0.4, 0.5) is 0 Å². The van der Waals surface area contributed by atoms with Crippen LogP contribution in [0.15, 0.2) is 24.3 Å². The van der Waals surface area contributed by atoms with Gasteiger partial charge in [0, 0.05) is 26.3 Å². The van der Waals surface area contributed by atoms with Gasteiger partial charge in [0.15, 0.2) is 0 Å². The van der Waals surface area contributed by atoms with Gasteiger partial charge in [-0.15, -0.1) is 0 Å². The number of rotatable bonds is 24. The highest BCUT2D eigenvalue weighted by molar-refractivity contribution is 5.99. The zero-order valence-electron chi connectivity index (χ0n) is 34.9. The van der Waals surface area contributed by atoms with Gasteiger partial charge in [-0.3, -0.25) is 43.2 Å². The Kier molecular flexibility index (Phi) is 20.0. The monoisotopic (exact) mass is 861 g/mol. The van der Waals surface area contributed by atoms with Crippen LogP contribution in [0.5, 0.6) is 5.75 Å². The number of carbonyl (C=O) groups is 10. The summed E-state index contributed by atoms with van der Waals surface area (Å²) in [6, 6.07) is -4.25. The highest BCUT2D eigenvalue weighted by Gasteiger charge is 2.41. The fraction of sp³-hybridized carbons (Fsp3) is 0.590. The molecular formula is C39H59N9O13. The Morgan fingerprint density at radius 2 is 1.33 bits per heavy atom. The van der Waals surface area contributed by atoms with Crippen LogP contribution >= 0.6 is 0 Å². The van der Waals surface area contributed by atoms with E-state index in [-0.39, 0.29) is 25.1 Å². The summed E-state index contributed by atoms with van der Waals surface area (Å²) in [5.41, 5.74) is 11.1. The fourth-order valence-corrected chi connectivity index (χ4v) is 6.50. The SMILES string of the molecule is CC[C@H](C)[C@H](NC(=O)[C@@H]1CCCN1C(=O)[C@H](Cc1ccc(O)cc1)NC(=O)[C@H](CC(N)=O)NC(=O)[C@H](CCC(N)=O)NC(=O)[C@H](CO)NC(C)=O)C(=O)N[C@H](C(=O)O)C(C)C. The Bertz CT molecular complexity index is 1770. The maximum atomic E-state index is 14.4. The Morgan fingerprint density at radius 3 is 1.85 bits per heavy atom. The third-order valence-corrected chi connectivity index (χ3v) is 10.1. The van der Waals surface area contributed by atoms with Crippen molar-refractivity contribution in [3.63, 3.8) is 0 Å². The number of aliphatic hydroxyl groups excluding tert-OH is 1. The smallest absolute Gasteiger partial charge is 0.326 e. The first-order chi connectivity index (χ1) is 28.6. The summed E-state index contributed by atoms with van der Waals surface area (Å²) < 4.78 is 0. The number of carboxylic acid groups (broad SMARTS) is 1. The predicted molar refractivity (Wildman–Crippen MR) is 215 cm³/mol. The molecular weight excluding hydrogens is 802 g/mol. The summed E-state index contributed by atoms with van der Waals surface area (Å²) >= 11 is 0. The fourth-order valence-electron chi connectivity index (χ4n) is 6.50. The molecule has 1 saturated heterocycles. The average Bonchev–Trinajstić information content (AvgIpc) is 3.68. The van der Waals surface area contributed by atoms with E-state index >= 15 is 0 Å². The van der Waals surface area contributed by atoms with Gasteiger partial charge in [-0.2, -0.15) is 0 Å². The number of hydrogen-bond acceptors (Lipinski definition) is 12. The molecule has 338 valence electrons. The molecule has 1 aromatic rings. The standard InChI is InChI=1S/C39H59N9O13/c1-6-20(4)32(37(58)46-31(19(2)3)39(60)61)47-36(57)28-8-7-15-48(28)38(59)26(16-22-9-11-23(51)12-10-22)45-34(55)25(17-30(41)53)44-33(54)24(13-14-29(40)52)43-35(56)27(18-49)42-21(5)50/h9-12,19-20,24-28,31-32,49,51H,6-8,13-18H2,1-5H3,(H2,40,52)(H2,41,53)(H,42,50)(H,43,56)(H,44,54)(H,45,55)(H,46,58)(H,47,57)(H,60,61)/t20-,24-,25-,26-,27-,28-,31-,32-/m0/s1. The van der Waals surface area contributed by atoms with Crippen LogP contribution in [0.1, 0.15) is 78.7 Å². The van der Waals surface area contributed by atoms with Gasteiger partial charge in [-0.1, -0.05) is 46.2 Å². The number of phenolic OH excluding ortho intramolecular Hbond substituents is 1. The lowest BCUT2D eigenvalue weighted by Crippen LogP contribution is -2.61. The van der Waals surface area contributed by atoms with E-state index in [1.807, 2.05) is 0 Å². The second kappa shape index (κ2) is 24.1. The first-order valence-corrected chi connectivity index (χ1v) is 19.9. The molecule has 0 radical (unpaired) electrons. The van der Waals surface area contributed by atoms with E-state index in [0.29, 0.717) is 18.4 Å². The molecule has 2 rings (SSSR count). The Labute approximate surface area is 352 Å². The van der Waals surface area contributed by atoms with Crippen molar-refractivity contribution in [2.45, 2.75) is 122 Å². The lowest BCUT2D eigenvalue weighted by molar-refractivity contribution is -0.145. The van der Waals surface area contributed by atoms with Crippen molar-refractivity contribution in [2.24, 2.45) is 23.3 Å². The van der Waals surface area contributed by atoms with Gasteiger partial charge in [-0.25, -0.2) is 4.79 Å². The number of likely N-dealkylation sites (tertiary alicyclic amines) is 1. The van der Waals surface area contributed by atoms with Crippen LogP contribution in [0.25, 0.3) is 0 Å². The zero-order valence-corrected chi connectivity index (χ0v) is 34.9. The van der Waals surface area contributed by atoms with Gasteiger partial charge in [0.25, 0.3) is 0 Å². The van der Waals surface area contributed by atoms with Crippen molar-refractivity contribution < 1.29 is 63.3 Å². The number of carboxylic acids is 1. The van der Waals surface area contributed by atoms with Gasteiger partial charge >= 0.3 is 5.97 Å². The highest BCUT2D eigenvalue weighted by atomic mass is 16.4. The summed E-state index contributed by atoms with van der Waals surface area (Å²) in [4.78, 5) is 130. The van der Waals surface area contributed by atoms with Crippen molar-refractivity contribution in [3.05, 3.63) is 29.8 Å². The molecule has 8 atom stereocenters.